The number of carbonyl (C=O) groups is 4. The Labute approximate surface area is 338 Å². The number of allylic oxidation sites excluding steroid dienone is 1. The van der Waals surface area contributed by atoms with E-state index in [4.69, 9.17) is 4.74 Å². The Balaban J connectivity index is 1.24. The summed E-state index contributed by atoms with van der Waals surface area (Å²) < 4.78 is 35.9. The van der Waals surface area contributed by atoms with Crippen LogP contribution in [0.4, 0.5) is 5.69 Å². The van der Waals surface area contributed by atoms with Gasteiger partial charge in [0.15, 0.2) is 0 Å². The Kier molecular flexibility index (Phi) is 11.4. The molecule has 4 amide bonds. The zero-order chi connectivity index (χ0) is 41.5. The van der Waals surface area contributed by atoms with Crippen molar-refractivity contribution in [3.8, 4) is 5.88 Å². The van der Waals surface area contributed by atoms with Gasteiger partial charge in [-0.1, -0.05) is 38.1 Å². The van der Waals surface area contributed by atoms with Crippen LogP contribution in [0.3, 0.4) is 0 Å². The zero-order valence-corrected chi connectivity index (χ0v) is 34.5. The number of hydrogen-bond acceptors (Lipinski definition) is 10. The average Bonchev–Trinajstić information content (AvgIpc) is 4.13. The van der Waals surface area contributed by atoms with Gasteiger partial charge in [0.2, 0.25) is 27.7 Å². The number of benzene rings is 2. The molecule has 1 saturated heterocycles. The first kappa shape index (κ1) is 40.9. The Bertz CT molecular complexity index is 2290. The fourth-order valence-corrected chi connectivity index (χ4v) is 9.66. The normalized spacial score (nSPS) is 27.7. The maximum Gasteiger partial charge on any atom is 0.274 e. The molecule has 7 atom stereocenters. The molecule has 1 aromatic heterocycles. The molecule has 0 spiro atoms. The van der Waals surface area contributed by atoms with Crippen molar-refractivity contribution in [3.63, 3.8) is 0 Å². The Morgan fingerprint density at radius 2 is 1.71 bits per heavy atom. The summed E-state index contributed by atoms with van der Waals surface area (Å²) >= 11 is 0. The fourth-order valence-electron chi connectivity index (χ4n) is 8.30. The Morgan fingerprint density at radius 1 is 1.00 bits per heavy atom. The molecule has 0 bridgehead atoms. The quantitative estimate of drug-likeness (QED) is 0.271. The van der Waals surface area contributed by atoms with E-state index in [1.165, 1.54) is 9.58 Å². The lowest BCUT2D eigenvalue weighted by Gasteiger charge is -2.33. The number of hydrogen-bond donors (Lipinski definition) is 3. The summed E-state index contributed by atoms with van der Waals surface area (Å²) in [5.41, 5.74) is -0.545. The number of fused-ring (bicyclic) bond motifs is 3. The van der Waals surface area contributed by atoms with Gasteiger partial charge in [0.1, 0.15) is 23.7 Å². The van der Waals surface area contributed by atoms with Gasteiger partial charge in [0, 0.05) is 44.2 Å². The number of aromatic nitrogens is 2. The number of amides is 4. The summed E-state index contributed by atoms with van der Waals surface area (Å²) in [5, 5.41) is 10.6. The molecule has 2 saturated carbocycles. The lowest BCUT2D eigenvalue weighted by molar-refractivity contribution is -0.142. The van der Waals surface area contributed by atoms with E-state index in [0.29, 0.717) is 42.0 Å². The molecule has 4 aliphatic rings. The molecule has 2 aliphatic heterocycles. The SMILES string of the molecule is CCn1nc(O[C@@H]2C[C@H]3C(=O)N[C@]4(C(=O)NS(=O)(=O)C5CC5)C[C@H]4C=CCC[C@@H](C)C[C@@H](C)[C@H](NC(=O)c4ccc(N(C)C)cc4)C(=O)N3C2)c2ccccc2c1=O. The van der Waals surface area contributed by atoms with Crippen molar-refractivity contribution < 1.29 is 32.3 Å². The van der Waals surface area contributed by atoms with Crippen LogP contribution in [0.2, 0.25) is 0 Å². The highest BCUT2D eigenvalue weighted by atomic mass is 32.2. The summed E-state index contributed by atoms with van der Waals surface area (Å²) in [6.45, 7) is 6.01. The smallest absolute Gasteiger partial charge is 0.274 e. The number of nitrogens with zero attached hydrogens (tertiary/aromatic N) is 4. The summed E-state index contributed by atoms with van der Waals surface area (Å²) in [4.78, 5) is 73.7. The minimum Gasteiger partial charge on any atom is -0.471 e. The number of nitrogens with one attached hydrogen (secondary N) is 3. The van der Waals surface area contributed by atoms with Crippen LogP contribution >= 0.6 is 0 Å². The predicted molar refractivity (Wildman–Crippen MR) is 219 cm³/mol. The summed E-state index contributed by atoms with van der Waals surface area (Å²) in [6, 6.07) is 11.8. The molecule has 310 valence electrons. The molecule has 15 nitrogen and oxygen atoms in total. The minimum atomic E-state index is -3.92. The van der Waals surface area contributed by atoms with Crippen LogP contribution in [0.1, 0.15) is 76.1 Å². The first-order chi connectivity index (χ1) is 27.6. The standard InChI is InChI=1S/C42H53N7O8S/c1-6-49-39(52)33-14-10-9-13-32(33)38(45-49)57-30-22-34-37(51)44-42(41(54)46-58(55,56)31-19-20-31)23-28(42)12-8-7-11-25(2)21-26(3)35(40(53)48(34)24-30)43-36(50)27-15-17-29(18-16-27)47(4)5/h8-10,12-18,25-26,28,30-31,34-35H,6-7,11,19-24H2,1-5H3,(H,43,50)(H,44,51)(H,46,54)/t25-,26-,28-,30-,34+,35+,42-/m1/s1. The molecule has 3 N–H and O–H groups in total. The number of rotatable bonds is 9. The maximum atomic E-state index is 15.0. The second-order valence-electron chi connectivity index (χ2n) is 16.6. The van der Waals surface area contributed by atoms with Gasteiger partial charge in [-0.2, -0.15) is 0 Å². The van der Waals surface area contributed by atoms with Crippen molar-refractivity contribution >= 4 is 50.1 Å². The summed E-state index contributed by atoms with van der Waals surface area (Å²) in [6.07, 6.45) is 6.18. The van der Waals surface area contributed by atoms with E-state index in [1.807, 2.05) is 50.2 Å². The first-order valence-electron chi connectivity index (χ1n) is 20.2. The highest BCUT2D eigenvalue weighted by Crippen LogP contribution is 2.46. The van der Waals surface area contributed by atoms with Crippen LogP contribution in [0, 0.1) is 17.8 Å². The molecule has 58 heavy (non-hydrogen) atoms. The van der Waals surface area contributed by atoms with E-state index in [2.05, 4.69) is 27.4 Å². The van der Waals surface area contributed by atoms with Crippen LogP contribution in [-0.4, -0.2) is 96.3 Å². The number of carbonyl (C=O) groups excluding carboxylic acids is 4. The minimum absolute atomic E-state index is 0.00510. The van der Waals surface area contributed by atoms with Crippen LogP contribution in [0.25, 0.3) is 10.8 Å². The van der Waals surface area contributed by atoms with Gasteiger partial charge in [-0.25, -0.2) is 13.1 Å². The molecule has 3 aromatic rings. The second kappa shape index (κ2) is 16.2. The highest BCUT2D eigenvalue weighted by Gasteiger charge is 2.62. The molecule has 2 aromatic carbocycles. The van der Waals surface area contributed by atoms with Crippen LogP contribution in [0.5, 0.6) is 5.88 Å². The van der Waals surface area contributed by atoms with E-state index >= 15 is 4.79 Å². The second-order valence-corrected chi connectivity index (χ2v) is 18.6. The highest BCUT2D eigenvalue weighted by molar-refractivity contribution is 7.91. The van der Waals surface area contributed by atoms with E-state index < -0.39 is 68.5 Å². The van der Waals surface area contributed by atoms with E-state index in [9.17, 15) is 27.6 Å². The average molecular weight is 816 g/mol. The topological polar surface area (TPSA) is 189 Å². The third-order valence-electron chi connectivity index (χ3n) is 12.0. The molecular weight excluding hydrogens is 763 g/mol. The number of anilines is 1. The molecular formula is C42H53N7O8S. The van der Waals surface area contributed by atoms with Crippen molar-refractivity contribution in [2.45, 2.75) is 101 Å². The lowest BCUT2D eigenvalue weighted by atomic mass is 9.87. The third-order valence-corrected chi connectivity index (χ3v) is 13.8. The van der Waals surface area contributed by atoms with Crippen molar-refractivity contribution in [2.24, 2.45) is 17.8 Å². The molecule has 7 rings (SSSR count). The van der Waals surface area contributed by atoms with Crippen molar-refractivity contribution in [1.29, 1.82) is 0 Å². The van der Waals surface area contributed by atoms with Crippen LogP contribution in [0.15, 0.2) is 65.5 Å². The monoisotopic (exact) mass is 815 g/mol. The van der Waals surface area contributed by atoms with Crippen LogP contribution < -0.4 is 30.6 Å². The molecule has 3 fully saturated rings. The molecule has 0 unspecified atom stereocenters. The maximum absolute atomic E-state index is 15.0. The third kappa shape index (κ3) is 8.34. The largest absolute Gasteiger partial charge is 0.471 e. The lowest BCUT2D eigenvalue weighted by Crippen LogP contribution is -2.59. The molecule has 3 heterocycles. The van der Waals surface area contributed by atoms with Gasteiger partial charge in [-0.05, 0) is 93.7 Å². The predicted octanol–water partition coefficient (Wildman–Crippen LogP) is 3.12. The van der Waals surface area contributed by atoms with Gasteiger partial charge in [-0.15, -0.1) is 5.10 Å². The van der Waals surface area contributed by atoms with E-state index in [0.717, 1.165) is 12.1 Å². The van der Waals surface area contributed by atoms with Crippen molar-refractivity contribution in [1.82, 2.24) is 30.0 Å². The van der Waals surface area contributed by atoms with Gasteiger partial charge < -0.3 is 25.2 Å². The first-order valence-corrected chi connectivity index (χ1v) is 21.8. The summed E-state index contributed by atoms with van der Waals surface area (Å²) in [7, 11) is -0.125. The fraction of sp³-hybridized carbons (Fsp3) is 0.524. The number of sulfonamides is 1. The number of ether oxygens (including phenoxy) is 1. The number of aryl methyl sites for hydroxylation is 1. The van der Waals surface area contributed by atoms with Crippen molar-refractivity contribution in [2.75, 3.05) is 25.5 Å². The van der Waals surface area contributed by atoms with Gasteiger partial charge >= 0.3 is 0 Å². The Hall–Kier alpha value is -5.25. The van der Waals surface area contributed by atoms with Gasteiger partial charge in [0.25, 0.3) is 17.4 Å². The van der Waals surface area contributed by atoms with Crippen LogP contribution in [-0.2, 0) is 31.0 Å². The zero-order valence-electron chi connectivity index (χ0n) is 33.6. The van der Waals surface area contributed by atoms with E-state index in [-0.39, 0.29) is 49.2 Å². The Morgan fingerprint density at radius 3 is 2.38 bits per heavy atom. The van der Waals surface area contributed by atoms with Gasteiger partial charge in [0.05, 0.1) is 22.6 Å². The van der Waals surface area contributed by atoms with Crippen molar-refractivity contribution in [3.05, 3.63) is 76.6 Å². The summed E-state index contributed by atoms with van der Waals surface area (Å²) in [5.74, 6) is -2.88. The molecule has 0 radical (unpaired) electrons. The van der Waals surface area contributed by atoms with E-state index in [1.54, 1.807) is 43.3 Å². The van der Waals surface area contributed by atoms with Gasteiger partial charge in [-0.3, -0.25) is 28.7 Å². The molecule has 2 aliphatic carbocycles. The molecule has 16 heteroatoms.